The lowest BCUT2D eigenvalue weighted by molar-refractivity contribution is -0.132. The van der Waals surface area contributed by atoms with E-state index in [1.165, 1.54) is 0 Å². The van der Waals surface area contributed by atoms with E-state index >= 15 is 0 Å². The average molecular weight is 285 g/mol. The SMILES string of the molecule is NC(=O)c1cccc(CC(F)(F)F)c1CC(F)(F)F. The number of primary amides is 1. The van der Waals surface area contributed by atoms with Crippen molar-refractivity contribution in [3.63, 3.8) is 0 Å². The summed E-state index contributed by atoms with van der Waals surface area (Å²) in [6, 6.07) is 2.95. The Morgan fingerprint density at radius 1 is 1.00 bits per heavy atom. The maximum atomic E-state index is 12.4. The van der Waals surface area contributed by atoms with E-state index in [1.807, 2.05) is 0 Å². The summed E-state index contributed by atoms with van der Waals surface area (Å²) in [6.45, 7) is 0. The molecule has 106 valence electrons. The van der Waals surface area contributed by atoms with E-state index in [0.717, 1.165) is 18.2 Å². The molecule has 0 saturated carbocycles. The van der Waals surface area contributed by atoms with E-state index in [2.05, 4.69) is 0 Å². The van der Waals surface area contributed by atoms with Crippen LogP contribution in [0.5, 0.6) is 0 Å². The van der Waals surface area contributed by atoms with E-state index in [9.17, 15) is 31.1 Å². The fraction of sp³-hybridized carbons (Fsp3) is 0.364. The molecule has 0 aliphatic rings. The Morgan fingerprint density at radius 2 is 1.53 bits per heavy atom. The van der Waals surface area contributed by atoms with Gasteiger partial charge in [0.1, 0.15) is 0 Å². The van der Waals surface area contributed by atoms with Gasteiger partial charge in [0.15, 0.2) is 0 Å². The summed E-state index contributed by atoms with van der Waals surface area (Å²) in [6.07, 6.45) is -12.6. The molecule has 0 fully saturated rings. The highest BCUT2D eigenvalue weighted by atomic mass is 19.4. The van der Waals surface area contributed by atoms with Crippen LogP contribution in [-0.2, 0) is 12.8 Å². The monoisotopic (exact) mass is 285 g/mol. The zero-order valence-electron chi connectivity index (χ0n) is 9.40. The first-order valence-corrected chi connectivity index (χ1v) is 5.03. The van der Waals surface area contributed by atoms with Gasteiger partial charge in [-0.2, -0.15) is 26.3 Å². The molecule has 0 aliphatic heterocycles. The van der Waals surface area contributed by atoms with Gasteiger partial charge in [0, 0.05) is 5.56 Å². The number of nitrogens with two attached hydrogens (primary N) is 1. The Labute approximate surface area is 104 Å². The molecule has 0 bridgehead atoms. The predicted molar refractivity (Wildman–Crippen MR) is 54.5 cm³/mol. The molecule has 0 atom stereocenters. The third-order valence-electron chi connectivity index (χ3n) is 2.31. The highest BCUT2D eigenvalue weighted by Gasteiger charge is 2.34. The van der Waals surface area contributed by atoms with Crippen LogP contribution >= 0.6 is 0 Å². The second-order valence-corrected chi connectivity index (χ2v) is 3.89. The molecular formula is C11H9F6NO. The number of carbonyl (C=O) groups is 1. The minimum atomic E-state index is -4.73. The molecule has 1 aromatic rings. The maximum absolute atomic E-state index is 12.4. The molecule has 1 aromatic carbocycles. The van der Waals surface area contributed by atoms with Gasteiger partial charge < -0.3 is 5.73 Å². The number of halogens is 6. The molecule has 1 rings (SSSR count). The minimum Gasteiger partial charge on any atom is -0.366 e. The smallest absolute Gasteiger partial charge is 0.366 e. The summed E-state index contributed by atoms with van der Waals surface area (Å²) in [4.78, 5) is 11.0. The highest BCUT2D eigenvalue weighted by molar-refractivity contribution is 5.94. The number of rotatable bonds is 3. The standard InChI is InChI=1S/C11H9F6NO/c12-10(13,14)4-6-2-1-3-7(9(18)19)8(6)5-11(15,16)17/h1-3H,4-5H2,(H2,18,19). The largest absolute Gasteiger partial charge is 0.393 e. The molecule has 0 saturated heterocycles. The van der Waals surface area contributed by atoms with Gasteiger partial charge in [-0.05, 0) is 17.2 Å². The molecule has 0 spiro atoms. The molecule has 0 radical (unpaired) electrons. The summed E-state index contributed by atoms with van der Waals surface area (Å²) in [5, 5.41) is 0. The van der Waals surface area contributed by atoms with E-state index < -0.39 is 47.8 Å². The number of amides is 1. The average Bonchev–Trinajstić information content (AvgIpc) is 2.15. The van der Waals surface area contributed by atoms with Crippen LogP contribution in [0.3, 0.4) is 0 Å². The topological polar surface area (TPSA) is 43.1 Å². The summed E-state index contributed by atoms with van der Waals surface area (Å²) in [5.74, 6) is -1.19. The molecule has 2 nitrogen and oxygen atoms in total. The van der Waals surface area contributed by atoms with Crippen LogP contribution < -0.4 is 5.73 Å². The third kappa shape index (κ3) is 4.80. The number of hydrogen-bond donors (Lipinski definition) is 1. The van der Waals surface area contributed by atoms with Crippen molar-refractivity contribution in [1.82, 2.24) is 0 Å². The Kier molecular flexibility index (Phi) is 4.12. The van der Waals surface area contributed by atoms with Crippen molar-refractivity contribution < 1.29 is 31.1 Å². The lowest BCUT2D eigenvalue weighted by Crippen LogP contribution is -2.22. The summed E-state index contributed by atoms with van der Waals surface area (Å²) in [5.41, 5.74) is 3.02. The predicted octanol–water partition coefficient (Wildman–Crippen LogP) is 3.00. The second kappa shape index (κ2) is 5.10. The Morgan fingerprint density at radius 3 is 1.95 bits per heavy atom. The van der Waals surface area contributed by atoms with Gasteiger partial charge in [-0.3, -0.25) is 4.79 Å². The van der Waals surface area contributed by atoms with Crippen LogP contribution in [0, 0.1) is 0 Å². The minimum absolute atomic E-state index is 0.543. The van der Waals surface area contributed by atoms with E-state index in [4.69, 9.17) is 5.73 Å². The number of benzene rings is 1. The molecular weight excluding hydrogens is 276 g/mol. The molecule has 8 heteroatoms. The molecule has 0 aliphatic carbocycles. The van der Waals surface area contributed by atoms with E-state index in [1.54, 1.807) is 0 Å². The van der Waals surface area contributed by atoms with Gasteiger partial charge in [0.25, 0.3) is 0 Å². The molecule has 0 heterocycles. The first-order valence-electron chi connectivity index (χ1n) is 5.03. The number of hydrogen-bond acceptors (Lipinski definition) is 1. The van der Waals surface area contributed by atoms with Crippen molar-refractivity contribution in [3.8, 4) is 0 Å². The fourth-order valence-corrected chi connectivity index (χ4v) is 1.66. The van der Waals surface area contributed by atoms with Crippen molar-refractivity contribution >= 4 is 5.91 Å². The van der Waals surface area contributed by atoms with E-state index in [0.29, 0.717) is 0 Å². The van der Waals surface area contributed by atoms with Gasteiger partial charge in [-0.1, -0.05) is 12.1 Å². The molecule has 0 aromatic heterocycles. The van der Waals surface area contributed by atoms with Crippen LogP contribution in [-0.4, -0.2) is 18.3 Å². The van der Waals surface area contributed by atoms with Crippen LogP contribution in [0.15, 0.2) is 18.2 Å². The van der Waals surface area contributed by atoms with Crippen molar-refractivity contribution in [2.45, 2.75) is 25.2 Å². The Bertz CT molecular complexity index is 477. The van der Waals surface area contributed by atoms with Gasteiger partial charge in [0.05, 0.1) is 12.8 Å². The number of carbonyl (C=O) groups excluding carboxylic acids is 1. The molecule has 2 N–H and O–H groups in total. The summed E-state index contributed by atoms with van der Waals surface area (Å²) < 4.78 is 74.0. The van der Waals surface area contributed by atoms with Crippen LogP contribution in [0.25, 0.3) is 0 Å². The molecule has 0 unspecified atom stereocenters. The summed E-state index contributed by atoms with van der Waals surface area (Å²) >= 11 is 0. The van der Waals surface area contributed by atoms with Crippen molar-refractivity contribution in [1.29, 1.82) is 0 Å². The first kappa shape index (κ1) is 15.3. The zero-order chi connectivity index (χ0) is 14.8. The van der Waals surface area contributed by atoms with Crippen LogP contribution in [0.2, 0.25) is 0 Å². The van der Waals surface area contributed by atoms with Gasteiger partial charge >= 0.3 is 12.4 Å². The summed E-state index contributed by atoms with van der Waals surface area (Å²) in [7, 11) is 0. The second-order valence-electron chi connectivity index (χ2n) is 3.89. The molecule has 1 amide bonds. The first-order chi connectivity index (χ1) is 8.49. The van der Waals surface area contributed by atoms with Crippen molar-refractivity contribution in [3.05, 3.63) is 34.9 Å². The maximum Gasteiger partial charge on any atom is 0.393 e. The van der Waals surface area contributed by atoms with Crippen molar-refractivity contribution in [2.24, 2.45) is 5.73 Å². The van der Waals surface area contributed by atoms with Crippen LogP contribution in [0.1, 0.15) is 21.5 Å². The van der Waals surface area contributed by atoms with Gasteiger partial charge in [-0.25, -0.2) is 0 Å². The third-order valence-corrected chi connectivity index (χ3v) is 2.31. The lowest BCUT2D eigenvalue weighted by Gasteiger charge is -2.16. The van der Waals surface area contributed by atoms with E-state index in [-0.39, 0.29) is 0 Å². The lowest BCUT2D eigenvalue weighted by atomic mass is 9.95. The van der Waals surface area contributed by atoms with Gasteiger partial charge in [-0.15, -0.1) is 0 Å². The molecule has 19 heavy (non-hydrogen) atoms. The fourth-order valence-electron chi connectivity index (χ4n) is 1.66. The van der Waals surface area contributed by atoms with Gasteiger partial charge in [0.2, 0.25) is 5.91 Å². The van der Waals surface area contributed by atoms with Crippen LogP contribution in [0.4, 0.5) is 26.3 Å². The quantitative estimate of drug-likeness (QED) is 0.852. The Hall–Kier alpha value is -1.73. The highest BCUT2D eigenvalue weighted by Crippen LogP contribution is 2.30. The number of alkyl halides is 6. The zero-order valence-corrected chi connectivity index (χ0v) is 9.40. The Balaban J connectivity index is 3.30. The normalized spacial score (nSPS) is 12.5. The van der Waals surface area contributed by atoms with Crippen molar-refractivity contribution in [2.75, 3.05) is 0 Å².